The molecule has 0 bridgehead atoms. The fraction of sp³-hybridized carbons (Fsp3) is 0.0909. The lowest BCUT2D eigenvalue weighted by Gasteiger charge is -2.07. The lowest BCUT2D eigenvalue weighted by Crippen LogP contribution is -2.11. The maximum absolute atomic E-state index is 12.5. The number of halogens is 2. The molecule has 0 unspecified atom stereocenters. The van der Waals surface area contributed by atoms with Gasteiger partial charge in [0.1, 0.15) is 18.1 Å². The highest BCUT2D eigenvalue weighted by Crippen LogP contribution is 2.18. The van der Waals surface area contributed by atoms with Gasteiger partial charge in [-0.25, -0.2) is 0 Å². The van der Waals surface area contributed by atoms with Gasteiger partial charge in [-0.05, 0) is 92.6 Å². The monoisotopic (exact) mass is 577 g/mol. The summed E-state index contributed by atoms with van der Waals surface area (Å²) in [6.07, 6.45) is 3.64. The van der Waals surface area contributed by atoms with E-state index in [9.17, 15) is 4.79 Å². The van der Waals surface area contributed by atoms with E-state index in [4.69, 9.17) is 9.15 Å². The highest BCUT2D eigenvalue weighted by Gasteiger charge is 2.12. The van der Waals surface area contributed by atoms with E-state index in [1.807, 2.05) is 59.4 Å². The van der Waals surface area contributed by atoms with Crippen molar-refractivity contribution in [1.82, 2.24) is 9.78 Å². The van der Waals surface area contributed by atoms with Gasteiger partial charge in [-0.1, -0.05) is 12.1 Å². The molecule has 1 amide bonds. The van der Waals surface area contributed by atoms with E-state index < -0.39 is 0 Å². The Morgan fingerprint density at radius 3 is 2.77 bits per heavy atom. The van der Waals surface area contributed by atoms with Crippen LogP contribution in [0, 0.1) is 3.57 Å². The molecule has 30 heavy (non-hydrogen) atoms. The van der Waals surface area contributed by atoms with Gasteiger partial charge in [0, 0.05) is 15.5 Å². The molecule has 0 saturated carbocycles. The van der Waals surface area contributed by atoms with Gasteiger partial charge >= 0.3 is 0 Å². The molecule has 0 atom stereocenters. The van der Waals surface area contributed by atoms with Crippen molar-refractivity contribution in [2.45, 2.75) is 13.2 Å². The van der Waals surface area contributed by atoms with Crippen LogP contribution >= 0.6 is 38.5 Å². The average Bonchev–Trinajstić information content (AvgIpc) is 3.37. The maximum Gasteiger partial charge on any atom is 0.291 e. The first-order valence-electron chi connectivity index (χ1n) is 9.10. The topological polar surface area (TPSA) is 69.3 Å². The normalized spacial score (nSPS) is 10.7. The van der Waals surface area contributed by atoms with Crippen molar-refractivity contribution >= 4 is 50.1 Å². The van der Waals surface area contributed by atoms with Crippen molar-refractivity contribution < 1.29 is 13.9 Å². The molecule has 0 aliphatic rings. The van der Waals surface area contributed by atoms with E-state index in [-0.39, 0.29) is 18.3 Å². The van der Waals surface area contributed by atoms with Crippen LogP contribution in [0.4, 0.5) is 5.69 Å². The van der Waals surface area contributed by atoms with E-state index in [1.54, 1.807) is 18.3 Å². The average molecular weight is 578 g/mol. The number of carbonyl (C=O) groups excluding carboxylic acids is 1. The molecule has 2 aromatic heterocycles. The van der Waals surface area contributed by atoms with Crippen LogP contribution in [0.1, 0.15) is 21.9 Å². The predicted molar refractivity (Wildman–Crippen MR) is 126 cm³/mol. The standard InChI is InChI=1S/C22H17BrIN3O3/c23-16-11-25-27(13-16)12-15-2-1-3-18(10-15)26-22(28)21-9-8-20(30-21)14-29-19-6-4-17(24)5-7-19/h1-11,13H,12,14H2,(H,26,28). The molecule has 0 fully saturated rings. The van der Waals surface area contributed by atoms with Crippen LogP contribution in [0.2, 0.25) is 0 Å². The summed E-state index contributed by atoms with van der Waals surface area (Å²) in [5, 5.41) is 7.12. The third-order valence-corrected chi connectivity index (χ3v) is 5.34. The number of hydrogen-bond acceptors (Lipinski definition) is 4. The third kappa shape index (κ3) is 5.51. The summed E-state index contributed by atoms with van der Waals surface area (Å²) in [5.74, 6) is 1.25. The first-order valence-corrected chi connectivity index (χ1v) is 11.0. The quantitative estimate of drug-likeness (QED) is 0.285. The van der Waals surface area contributed by atoms with Crippen LogP contribution < -0.4 is 10.1 Å². The number of rotatable bonds is 7. The van der Waals surface area contributed by atoms with Crippen molar-refractivity contribution in [2.24, 2.45) is 0 Å². The number of amides is 1. The van der Waals surface area contributed by atoms with Gasteiger partial charge in [-0.3, -0.25) is 9.48 Å². The fourth-order valence-corrected chi connectivity index (χ4v) is 3.50. The number of nitrogens with one attached hydrogen (secondary N) is 1. The van der Waals surface area contributed by atoms with E-state index in [1.165, 1.54) is 0 Å². The van der Waals surface area contributed by atoms with E-state index in [0.29, 0.717) is 18.0 Å². The van der Waals surface area contributed by atoms with E-state index in [2.05, 4.69) is 48.9 Å². The molecule has 152 valence electrons. The zero-order valence-corrected chi connectivity index (χ0v) is 19.5. The first kappa shape index (κ1) is 20.7. The minimum Gasteiger partial charge on any atom is -0.486 e. The van der Waals surface area contributed by atoms with Crippen LogP contribution in [-0.2, 0) is 13.2 Å². The van der Waals surface area contributed by atoms with Gasteiger partial charge in [0.2, 0.25) is 0 Å². The van der Waals surface area contributed by atoms with Gasteiger partial charge in [0.15, 0.2) is 5.76 Å². The first-order chi connectivity index (χ1) is 14.5. The Labute approximate surface area is 195 Å². The Morgan fingerprint density at radius 2 is 2.00 bits per heavy atom. The van der Waals surface area contributed by atoms with Gasteiger partial charge in [0.25, 0.3) is 5.91 Å². The molecule has 0 spiro atoms. The second-order valence-corrected chi connectivity index (χ2v) is 8.68. The van der Waals surface area contributed by atoms with Gasteiger partial charge in [-0.2, -0.15) is 5.10 Å². The number of benzene rings is 2. The number of aromatic nitrogens is 2. The van der Waals surface area contributed by atoms with Gasteiger partial charge in [0.05, 0.1) is 17.2 Å². The molecule has 0 saturated heterocycles. The molecule has 0 aliphatic carbocycles. The fourth-order valence-electron chi connectivity index (χ4n) is 2.81. The molecule has 4 rings (SSSR count). The minimum atomic E-state index is -0.311. The Hall–Kier alpha value is -2.59. The third-order valence-electron chi connectivity index (χ3n) is 4.21. The van der Waals surface area contributed by atoms with Crippen LogP contribution in [0.3, 0.4) is 0 Å². The summed E-state index contributed by atoms with van der Waals surface area (Å²) in [6, 6.07) is 18.7. The number of nitrogens with zero attached hydrogens (tertiary/aromatic N) is 2. The molecule has 1 N–H and O–H groups in total. The second kappa shape index (κ2) is 9.48. The van der Waals surface area contributed by atoms with Gasteiger partial charge < -0.3 is 14.5 Å². The van der Waals surface area contributed by atoms with Crippen molar-refractivity contribution in [3.05, 3.63) is 98.2 Å². The number of furan rings is 1. The SMILES string of the molecule is O=C(Nc1cccc(Cn2cc(Br)cn2)c1)c1ccc(COc2ccc(I)cc2)o1. The number of ether oxygens (including phenoxy) is 1. The van der Waals surface area contributed by atoms with Crippen LogP contribution in [-0.4, -0.2) is 15.7 Å². The molecule has 2 heterocycles. The number of anilines is 1. The highest BCUT2D eigenvalue weighted by molar-refractivity contribution is 14.1. The molecule has 2 aromatic carbocycles. The van der Waals surface area contributed by atoms with Crippen molar-refractivity contribution in [2.75, 3.05) is 5.32 Å². The molecule has 8 heteroatoms. The van der Waals surface area contributed by atoms with E-state index in [0.717, 1.165) is 19.4 Å². The molecular formula is C22H17BrIN3O3. The summed E-state index contributed by atoms with van der Waals surface area (Å²) < 4.78 is 15.2. The largest absolute Gasteiger partial charge is 0.486 e. The summed E-state index contributed by atoms with van der Waals surface area (Å²) in [4.78, 5) is 12.5. The minimum absolute atomic E-state index is 0.234. The zero-order valence-electron chi connectivity index (χ0n) is 15.7. The maximum atomic E-state index is 12.5. The van der Waals surface area contributed by atoms with Crippen molar-refractivity contribution in [3.8, 4) is 5.75 Å². The Balaban J connectivity index is 1.36. The number of hydrogen-bond donors (Lipinski definition) is 1. The molecular weight excluding hydrogens is 561 g/mol. The summed E-state index contributed by atoms with van der Waals surface area (Å²) in [6.45, 7) is 0.860. The molecule has 6 nitrogen and oxygen atoms in total. The Kier molecular flexibility index (Phi) is 6.53. The summed E-state index contributed by atoms with van der Waals surface area (Å²) >= 11 is 5.63. The summed E-state index contributed by atoms with van der Waals surface area (Å²) in [5.41, 5.74) is 1.71. The smallest absolute Gasteiger partial charge is 0.291 e. The lowest BCUT2D eigenvalue weighted by atomic mass is 10.2. The summed E-state index contributed by atoms with van der Waals surface area (Å²) in [7, 11) is 0. The van der Waals surface area contributed by atoms with Crippen LogP contribution in [0.25, 0.3) is 0 Å². The van der Waals surface area contributed by atoms with Crippen LogP contribution in [0.5, 0.6) is 5.75 Å². The molecule has 0 aliphatic heterocycles. The zero-order chi connectivity index (χ0) is 20.9. The predicted octanol–water partition coefficient (Wildman–Crippen LogP) is 5.72. The lowest BCUT2D eigenvalue weighted by molar-refractivity contribution is 0.0992. The van der Waals surface area contributed by atoms with E-state index >= 15 is 0 Å². The Morgan fingerprint density at radius 1 is 1.17 bits per heavy atom. The Bertz CT molecular complexity index is 1150. The molecule has 4 aromatic rings. The second-order valence-electron chi connectivity index (χ2n) is 6.52. The van der Waals surface area contributed by atoms with Crippen molar-refractivity contribution in [3.63, 3.8) is 0 Å². The molecule has 0 radical (unpaired) electrons. The highest BCUT2D eigenvalue weighted by atomic mass is 127. The van der Waals surface area contributed by atoms with Crippen LogP contribution in [0.15, 0.2) is 81.9 Å². The van der Waals surface area contributed by atoms with Crippen molar-refractivity contribution in [1.29, 1.82) is 0 Å². The van der Waals surface area contributed by atoms with Gasteiger partial charge in [-0.15, -0.1) is 0 Å². The number of carbonyl (C=O) groups is 1.